The predicted octanol–water partition coefficient (Wildman–Crippen LogP) is 3.59. The second-order valence-corrected chi connectivity index (χ2v) is 8.50. The van der Waals surface area contributed by atoms with Crippen molar-refractivity contribution in [3.8, 4) is 22.7 Å². The Morgan fingerprint density at radius 1 is 0.935 bits per heavy atom. The summed E-state index contributed by atoms with van der Waals surface area (Å²) in [6.45, 7) is 2.00. The van der Waals surface area contributed by atoms with Crippen LogP contribution in [0.3, 0.4) is 0 Å². The lowest BCUT2D eigenvalue weighted by Crippen LogP contribution is -2.36. The highest BCUT2D eigenvalue weighted by molar-refractivity contribution is 5.95. The fourth-order valence-corrected chi connectivity index (χ4v) is 4.76. The molecule has 158 valence electrons. The molecule has 0 saturated heterocycles. The number of hydrogen-bond donors (Lipinski definition) is 1. The zero-order chi connectivity index (χ0) is 21.9. The molecule has 2 heterocycles. The van der Waals surface area contributed by atoms with Gasteiger partial charge >= 0.3 is 5.69 Å². The van der Waals surface area contributed by atoms with Crippen molar-refractivity contribution in [1.82, 2.24) is 13.7 Å². The second-order valence-electron chi connectivity index (χ2n) is 8.50. The monoisotopic (exact) mass is 415 g/mol. The number of aromatic hydroxyl groups is 1. The van der Waals surface area contributed by atoms with E-state index in [1.165, 1.54) is 22.7 Å². The van der Waals surface area contributed by atoms with Crippen LogP contribution in [0, 0.1) is 6.92 Å². The summed E-state index contributed by atoms with van der Waals surface area (Å²) in [6, 6.07) is 11.8. The lowest BCUT2D eigenvalue weighted by molar-refractivity contribution is 0.470. The quantitative estimate of drug-likeness (QED) is 0.544. The van der Waals surface area contributed by atoms with E-state index in [0.29, 0.717) is 22.3 Å². The Morgan fingerprint density at radius 3 is 2.35 bits per heavy atom. The third kappa shape index (κ3) is 2.93. The fourth-order valence-electron chi connectivity index (χ4n) is 4.76. The Kier molecular flexibility index (Phi) is 4.39. The number of benzene rings is 2. The van der Waals surface area contributed by atoms with Crippen LogP contribution in [-0.2, 0) is 26.9 Å². The average Bonchev–Trinajstić information content (AvgIpc) is 3.16. The first-order valence-electron chi connectivity index (χ1n) is 10.6. The fraction of sp³-hybridized carbons (Fsp3) is 0.280. The molecule has 0 aliphatic heterocycles. The first-order chi connectivity index (χ1) is 14.9. The Morgan fingerprint density at radius 2 is 1.65 bits per heavy atom. The van der Waals surface area contributed by atoms with Gasteiger partial charge in [0.2, 0.25) is 0 Å². The van der Waals surface area contributed by atoms with Crippen LogP contribution in [0.2, 0.25) is 0 Å². The van der Waals surface area contributed by atoms with Gasteiger partial charge in [0, 0.05) is 20.3 Å². The molecule has 0 atom stereocenters. The Labute approximate surface area is 179 Å². The van der Waals surface area contributed by atoms with Crippen LogP contribution in [0.4, 0.5) is 0 Å². The number of aromatic nitrogens is 3. The molecule has 0 amide bonds. The molecule has 2 aromatic heterocycles. The van der Waals surface area contributed by atoms with E-state index >= 15 is 0 Å². The van der Waals surface area contributed by atoms with E-state index < -0.39 is 0 Å². The van der Waals surface area contributed by atoms with Crippen molar-refractivity contribution in [1.29, 1.82) is 0 Å². The SMILES string of the molecule is Cc1cccc(-c2c3c(=O)n(C)c(=O)n(C)c3cn2-c2cc3c(cc2O)CCCC3)c1. The van der Waals surface area contributed by atoms with Gasteiger partial charge in [0.1, 0.15) is 5.75 Å². The van der Waals surface area contributed by atoms with E-state index in [2.05, 4.69) is 0 Å². The van der Waals surface area contributed by atoms with Gasteiger partial charge in [-0.3, -0.25) is 13.9 Å². The normalized spacial score (nSPS) is 13.5. The van der Waals surface area contributed by atoms with Crippen LogP contribution >= 0.6 is 0 Å². The molecule has 6 heteroatoms. The molecule has 0 fully saturated rings. The summed E-state index contributed by atoms with van der Waals surface area (Å²) >= 11 is 0. The van der Waals surface area contributed by atoms with Crippen molar-refractivity contribution in [3.05, 3.63) is 80.1 Å². The third-order valence-electron chi connectivity index (χ3n) is 6.43. The third-order valence-corrected chi connectivity index (χ3v) is 6.43. The molecular formula is C25H25N3O3. The lowest BCUT2D eigenvalue weighted by Gasteiger charge is -2.19. The number of fused-ring (bicyclic) bond motifs is 2. The summed E-state index contributed by atoms with van der Waals surface area (Å²) in [5.74, 6) is 0.177. The molecule has 0 bridgehead atoms. The zero-order valence-corrected chi connectivity index (χ0v) is 18.0. The molecule has 1 N–H and O–H groups in total. The highest BCUT2D eigenvalue weighted by Crippen LogP contribution is 2.37. The maximum atomic E-state index is 13.2. The maximum absolute atomic E-state index is 13.2. The van der Waals surface area contributed by atoms with Gasteiger partial charge in [-0.15, -0.1) is 0 Å². The van der Waals surface area contributed by atoms with E-state index in [4.69, 9.17) is 0 Å². The number of nitrogens with zero attached hydrogens (tertiary/aromatic N) is 3. The summed E-state index contributed by atoms with van der Waals surface area (Å²) in [6.07, 6.45) is 6.00. The molecule has 1 aliphatic rings. The van der Waals surface area contributed by atoms with Crippen molar-refractivity contribution in [2.45, 2.75) is 32.6 Å². The molecule has 2 aromatic carbocycles. The Balaban J connectivity index is 1.93. The summed E-state index contributed by atoms with van der Waals surface area (Å²) in [5, 5.41) is 11.4. The van der Waals surface area contributed by atoms with Gasteiger partial charge in [0.25, 0.3) is 5.56 Å². The highest BCUT2D eigenvalue weighted by Gasteiger charge is 2.23. The molecule has 0 unspecified atom stereocenters. The highest BCUT2D eigenvalue weighted by atomic mass is 16.3. The lowest BCUT2D eigenvalue weighted by atomic mass is 9.91. The van der Waals surface area contributed by atoms with Gasteiger partial charge in [-0.05, 0) is 67.5 Å². The first-order valence-corrected chi connectivity index (χ1v) is 10.6. The average molecular weight is 415 g/mol. The predicted molar refractivity (Wildman–Crippen MR) is 122 cm³/mol. The van der Waals surface area contributed by atoms with E-state index in [1.807, 2.05) is 47.9 Å². The zero-order valence-electron chi connectivity index (χ0n) is 18.0. The number of phenolic OH excluding ortho intramolecular Hbond substituents is 1. The number of phenols is 1. The van der Waals surface area contributed by atoms with Crippen molar-refractivity contribution >= 4 is 10.9 Å². The molecule has 31 heavy (non-hydrogen) atoms. The van der Waals surface area contributed by atoms with Crippen LogP contribution in [0.25, 0.3) is 27.8 Å². The number of hydrogen-bond acceptors (Lipinski definition) is 3. The maximum Gasteiger partial charge on any atom is 0.330 e. The minimum absolute atomic E-state index is 0.177. The molecular weight excluding hydrogens is 390 g/mol. The molecule has 0 radical (unpaired) electrons. The number of aryl methyl sites for hydroxylation is 4. The van der Waals surface area contributed by atoms with Gasteiger partial charge in [-0.1, -0.05) is 23.8 Å². The second kappa shape index (κ2) is 7.01. The van der Waals surface area contributed by atoms with Crippen LogP contribution in [0.5, 0.6) is 5.75 Å². The van der Waals surface area contributed by atoms with E-state index in [-0.39, 0.29) is 17.0 Å². The van der Waals surface area contributed by atoms with Crippen LogP contribution in [0.15, 0.2) is 52.2 Å². The minimum Gasteiger partial charge on any atom is -0.506 e. The first kappa shape index (κ1) is 19.4. The van der Waals surface area contributed by atoms with Crippen LogP contribution < -0.4 is 11.2 Å². The molecule has 6 nitrogen and oxygen atoms in total. The van der Waals surface area contributed by atoms with Crippen LogP contribution in [0.1, 0.15) is 29.5 Å². The summed E-state index contributed by atoms with van der Waals surface area (Å²) < 4.78 is 4.49. The van der Waals surface area contributed by atoms with E-state index in [1.54, 1.807) is 13.2 Å². The standard InChI is InChI=1S/C25H25N3O3/c1-15-7-6-10-18(11-15)23-22-20(26(2)25(31)27(3)24(22)30)14-28(23)19-12-16-8-4-5-9-17(16)13-21(19)29/h6-7,10-14,29H,4-5,8-9H2,1-3H3. The summed E-state index contributed by atoms with van der Waals surface area (Å²) in [4.78, 5) is 25.8. The molecule has 0 spiro atoms. The van der Waals surface area contributed by atoms with Gasteiger partial charge in [-0.25, -0.2) is 4.79 Å². The summed E-state index contributed by atoms with van der Waals surface area (Å²) in [5.41, 5.74) is 5.48. The van der Waals surface area contributed by atoms with Crippen molar-refractivity contribution < 1.29 is 5.11 Å². The Bertz CT molecular complexity index is 1470. The van der Waals surface area contributed by atoms with Crippen molar-refractivity contribution in [2.24, 2.45) is 14.1 Å². The van der Waals surface area contributed by atoms with Crippen molar-refractivity contribution in [2.75, 3.05) is 0 Å². The van der Waals surface area contributed by atoms with Gasteiger partial charge in [0.15, 0.2) is 0 Å². The molecule has 1 aliphatic carbocycles. The molecule has 4 aromatic rings. The van der Waals surface area contributed by atoms with Gasteiger partial charge in [-0.2, -0.15) is 0 Å². The van der Waals surface area contributed by atoms with E-state index in [9.17, 15) is 14.7 Å². The van der Waals surface area contributed by atoms with Gasteiger partial charge < -0.3 is 9.67 Å². The Hall–Kier alpha value is -3.54. The van der Waals surface area contributed by atoms with Crippen molar-refractivity contribution in [3.63, 3.8) is 0 Å². The molecule has 5 rings (SSSR count). The molecule has 0 saturated carbocycles. The summed E-state index contributed by atoms with van der Waals surface area (Å²) in [7, 11) is 3.17. The van der Waals surface area contributed by atoms with E-state index in [0.717, 1.165) is 41.4 Å². The van der Waals surface area contributed by atoms with Crippen LogP contribution in [-0.4, -0.2) is 18.8 Å². The smallest absolute Gasteiger partial charge is 0.330 e. The topological polar surface area (TPSA) is 69.2 Å². The number of rotatable bonds is 2. The van der Waals surface area contributed by atoms with Gasteiger partial charge in [0.05, 0.1) is 22.3 Å². The largest absolute Gasteiger partial charge is 0.506 e. The minimum atomic E-state index is -0.375.